The second-order valence-corrected chi connectivity index (χ2v) is 4.05. The number of aromatic hydroxyl groups is 1. The summed E-state index contributed by atoms with van der Waals surface area (Å²) in [5.74, 6) is 1.35. The molecule has 0 aliphatic heterocycles. The Bertz CT molecular complexity index is 313. The number of hydrogen-bond donors (Lipinski definition) is 1. The molecule has 1 rings (SSSR count). The van der Waals surface area contributed by atoms with Gasteiger partial charge in [0.05, 0.1) is 7.11 Å². The van der Waals surface area contributed by atoms with Gasteiger partial charge in [0.1, 0.15) is 11.4 Å². The third kappa shape index (κ3) is 2.83. The minimum atomic E-state index is -0.304. The quantitative estimate of drug-likeness (QED) is 0.790. The molecule has 0 atom stereocenters. The van der Waals surface area contributed by atoms with Crippen LogP contribution in [-0.4, -0.2) is 17.8 Å². The molecule has 1 aromatic carbocycles. The summed E-state index contributed by atoms with van der Waals surface area (Å²) in [7, 11) is 1.57. The minimum absolute atomic E-state index is 0.171. The number of benzene rings is 1. The Kier molecular flexibility index (Phi) is 2.89. The Morgan fingerprint density at radius 3 is 2.29 bits per heavy atom. The third-order valence-corrected chi connectivity index (χ3v) is 1.56. The fraction of sp³-hybridized carbons (Fsp3) is 0.455. The van der Waals surface area contributed by atoms with Crippen molar-refractivity contribution in [2.24, 2.45) is 0 Å². The van der Waals surface area contributed by atoms with Crippen molar-refractivity contribution in [1.82, 2.24) is 0 Å². The molecule has 78 valence electrons. The van der Waals surface area contributed by atoms with Crippen LogP contribution in [0.4, 0.5) is 0 Å². The zero-order valence-corrected chi connectivity index (χ0v) is 9.00. The van der Waals surface area contributed by atoms with Crippen LogP contribution < -0.4 is 9.47 Å². The molecule has 0 saturated heterocycles. The highest BCUT2D eigenvalue weighted by molar-refractivity contribution is 5.45. The van der Waals surface area contributed by atoms with E-state index in [2.05, 4.69) is 0 Å². The van der Waals surface area contributed by atoms with Gasteiger partial charge in [0, 0.05) is 6.07 Å². The lowest BCUT2D eigenvalue weighted by Gasteiger charge is -2.22. The first kappa shape index (κ1) is 10.7. The zero-order chi connectivity index (χ0) is 10.8. The number of ether oxygens (including phenoxy) is 2. The highest BCUT2D eigenvalue weighted by Gasteiger charge is 2.15. The van der Waals surface area contributed by atoms with Crippen molar-refractivity contribution in [3.63, 3.8) is 0 Å². The van der Waals surface area contributed by atoms with Crippen molar-refractivity contribution in [2.45, 2.75) is 26.4 Å². The second-order valence-electron chi connectivity index (χ2n) is 4.05. The molecule has 0 unspecified atom stereocenters. The summed E-state index contributed by atoms with van der Waals surface area (Å²) in [5.41, 5.74) is -0.304. The maximum atomic E-state index is 9.29. The predicted molar refractivity (Wildman–Crippen MR) is 55.0 cm³/mol. The molecule has 0 fully saturated rings. The molecule has 0 aliphatic carbocycles. The van der Waals surface area contributed by atoms with Crippen LogP contribution in [0.1, 0.15) is 20.8 Å². The van der Waals surface area contributed by atoms with Gasteiger partial charge >= 0.3 is 0 Å². The molecule has 3 heteroatoms. The first-order chi connectivity index (χ1) is 6.42. The molecular formula is C11H16O3. The molecule has 0 aliphatic rings. The molecule has 0 saturated carbocycles. The number of phenols is 1. The maximum Gasteiger partial charge on any atom is 0.165 e. The summed E-state index contributed by atoms with van der Waals surface area (Å²) >= 11 is 0. The van der Waals surface area contributed by atoms with E-state index in [9.17, 15) is 5.11 Å². The van der Waals surface area contributed by atoms with Crippen molar-refractivity contribution in [3.05, 3.63) is 18.2 Å². The van der Waals surface area contributed by atoms with E-state index in [-0.39, 0.29) is 11.4 Å². The molecule has 3 nitrogen and oxygen atoms in total. The van der Waals surface area contributed by atoms with Gasteiger partial charge in [0.15, 0.2) is 11.5 Å². The molecular weight excluding hydrogens is 180 g/mol. The third-order valence-electron chi connectivity index (χ3n) is 1.56. The van der Waals surface area contributed by atoms with Gasteiger partial charge in [0.25, 0.3) is 0 Å². The lowest BCUT2D eigenvalue weighted by Crippen LogP contribution is -2.23. The summed E-state index contributed by atoms with van der Waals surface area (Å²) < 4.78 is 10.7. The van der Waals surface area contributed by atoms with E-state index >= 15 is 0 Å². The minimum Gasteiger partial charge on any atom is -0.508 e. The second kappa shape index (κ2) is 3.78. The Morgan fingerprint density at radius 2 is 1.79 bits per heavy atom. The van der Waals surface area contributed by atoms with Crippen LogP contribution in [0, 0.1) is 0 Å². The monoisotopic (exact) mass is 196 g/mol. The van der Waals surface area contributed by atoms with Crippen molar-refractivity contribution in [3.8, 4) is 17.2 Å². The molecule has 1 N–H and O–H groups in total. The lowest BCUT2D eigenvalue weighted by molar-refractivity contribution is 0.125. The molecule has 0 aromatic heterocycles. The predicted octanol–water partition coefficient (Wildman–Crippen LogP) is 2.58. The van der Waals surface area contributed by atoms with E-state index in [4.69, 9.17) is 9.47 Å². The topological polar surface area (TPSA) is 38.7 Å². The van der Waals surface area contributed by atoms with Crippen LogP contribution in [-0.2, 0) is 0 Å². The zero-order valence-electron chi connectivity index (χ0n) is 9.00. The van der Waals surface area contributed by atoms with Gasteiger partial charge in [0.2, 0.25) is 0 Å². The van der Waals surface area contributed by atoms with Crippen LogP contribution in [0.25, 0.3) is 0 Å². The summed E-state index contributed by atoms with van der Waals surface area (Å²) in [6, 6.07) is 4.79. The van der Waals surface area contributed by atoms with Crippen LogP contribution in [0.5, 0.6) is 17.2 Å². The van der Waals surface area contributed by atoms with Gasteiger partial charge in [-0.05, 0) is 32.9 Å². The van der Waals surface area contributed by atoms with Crippen LogP contribution in [0.2, 0.25) is 0 Å². The Labute approximate surface area is 84.3 Å². The number of phenolic OH excluding ortho intramolecular Hbond substituents is 1. The highest BCUT2D eigenvalue weighted by Crippen LogP contribution is 2.33. The van der Waals surface area contributed by atoms with Crippen LogP contribution in [0.15, 0.2) is 18.2 Å². The summed E-state index contributed by atoms with van der Waals surface area (Å²) in [6.45, 7) is 5.82. The van der Waals surface area contributed by atoms with Gasteiger partial charge in [-0.2, -0.15) is 0 Å². The van der Waals surface area contributed by atoms with Crippen molar-refractivity contribution < 1.29 is 14.6 Å². The smallest absolute Gasteiger partial charge is 0.165 e. The Hall–Kier alpha value is -1.38. The number of hydrogen-bond acceptors (Lipinski definition) is 3. The van der Waals surface area contributed by atoms with Gasteiger partial charge < -0.3 is 14.6 Å². The van der Waals surface area contributed by atoms with E-state index < -0.39 is 0 Å². The summed E-state index contributed by atoms with van der Waals surface area (Å²) in [6.07, 6.45) is 0. The van der Waals surface area contributed by atoms with Crippen molar-refractivity contribution in [2.75, 3.05) is 7.11 Å². The Morgan fingerprint density at radius 1 is 1.14 bits per heavy atom. The molecule has 0 bridgehead atoms. The average Bonchev–Trinajstić information content (AvgIpc) is 2.01. The molecule has 0 heterocycles. The maximum absolute atomic E-state index is 9.29. The van der Waals surface area contributed by atoms with E-state index in [0.717, 1.165) is 0 Å². The molecule has 0 spiro atoms. The average molecular weight is 196 g/mol. The van der Waals surface area contributed by atoms with Gasteiger partial charge in [-0.3, -0.25) is 0 Å². The van der Waals surface area contributed by atoms with Gasteiger partial charge in [-0.1, -0.05) is 0 Å². The summed E-state index contributed by atoms with van der Waals surface area (Å²) in [5, 5.41) is 9.29. The first-order valence-corrected chi connectivity index (χ1v) is 4.48. The normalized spacial score (nSPS) is 11.1. The van der Waals surface area contributed by atoms with Crippen LogP contribution in [0.3, 0.4) is 0 Å². The Balaban J connectivity index is 2.99. The fourth-order valence-corrected chi connectivity index (χ4v) is 1.08. The lowest BCUT2D eigenvalue weighted by atomic mass is 10.2. The fourth-order valence-electron chi connectivity index (χ4n) is 1.08. The number of rotatable bonds is 2. The van der Waals surface area contributed by atoms with Gasteiger partial charge in [-0.25, -0.2) is 0 Å². The standard InChI is InChI=1S/C11H16O3/c1-11(2,3)14-10-7-8(12)5-6-9(10)13-4/h5-7,12H,1-4H3. The molecule has 1 aromatic rings. The number of methoxy groups -OCH3 is 1. The van der Waals surface area contributed by atoms with E-state index in [1.165, 1.54) is 0 Å². The van der Waals surface area contributed by atoms with E-state index in [0.29, 0.717) is 11.5 Å². The van der Waals surface area contributed by atoms with Gasteiger partial charge in [-0.15, -0.1) is 0 Å². The molecule has 0 amide bonds. The SMILES string of the molecule is COc1ccc(O)cc1OC(C)(C)C. The highest BCUT2D eigenvalue weighted by atomic mass is 16.5. The van der Waals surface area contributed by atoms with Crippen molar-refractivity contribution in [1.29, 1.82) is 0 Å². The molecule has 0 radical (unpaired) electrons. The summed E-state index contributed by atoms with van der Waals surface area (Å²) in [4.78, 5) is 0. The molecule has 14 heavy (non-hydrogen) atoms. The largest absolute Gasteiger partial charge is 0.508 e. The van der Waals surface area contributed by atoms with E-state index in [1.807, 2.05) is 20.8 Å². The van der Waals surface area contributed by atoms with E-state index in [1.54, 1.807) is 25.3 Å². The first-order valence-electron chi connectivity index (χ1n) is 4.48. The van der Waals surface area contributed by atoms with Crippen LogP contribution >= 0.6 is 0 Å². The van der Waals surface area contributed by atoms with Crippen molar-refractivity contribution >= 4 is 0 Å².